The summed E-state index contributed by atoms with van der Waals surface area (Å²) in [5.74, 6) is 0.711. The molecular weight excluding hydrogens is 439 g/mol. The molecule has 1 fully saturated rings. The highest BCUT2D eigenvalue weighted by Gasteiger charge is 2.30. The summed E-state index contributed by atoms with van der Waals surface area (Å²) in [5.41, 5.74) is 1.34. The van der Waals surface area contributed by atoms with E-state index in [-0.39, 0.29) is 18.2 Å². The molecule has 0 aliphatic carbocycles. The number of rotatable bonds is 6. The number of alkyl halides is 3. The van der Waals surface area contributed by atoms with Gasteiger partial charge in [0.05, 0.1) is 12.0 Å². The van der Waals surface area contributed by atoms with E-state index in [1.54, 1.807) is 33.9 Å². The van der Waals surface area contributed by atoms with Crippen LogP contribution in [0.2, 0.25) is 0 Å². The van der Waals surface area contributed by atoms with E-state index < -0.39 is 11.7 Å². The maximum Gasteiger partial charge on any atom is 0.416 e. The maximum absolute atomic E-state index is 12.9. The van der Waals surface area contributed by atoms with Gasteiger partial charge in [0.25, 0.3) is 5.91 Å². The van der Waals surface area contributed by atoms with Crippen LogP contribution >= 0.6 is 11.9 Å². The number of halogens is 3. The molecule has 3 rings (SSSR count). The minimum Gasteiger partial charge on any atom is -0.341 e. The molecule has 1 aliphatic rings. The second-order valence-electron chi connectivity index (χ2n) is 7.51. The highest BCUT2D eigenvalue weighted by atomic mass is 32.2. The first-order chi connectivity index (χ1) is 15.3. The smallest absolute Gasteiger partial charge is 0.341 e. The zero-order chi connectivity index (χ0) is 23.1. The van der Waals surface area contributed by atoms with Crippen molar-refractivity contribution in [1.82, 2.24) is 9.80 Å². The molecule has 0 spiro atoms. The minimum absolute atomic E-state index is 0.0380. The van der Waals surface area contributed by atoms with Crippen molar-refractivity contribution in [2.24, 2.45) is 0 Å². The first-order valence-electron chi connectivity index (χ1n) is 10.5. The molecule has 0 unspecified atom stereocenters. The number of benzene rings is 2. The summed E-state index contributed by atoms with van der Waals surface area (Å²) in [6, 6.07) is 12.0. The Bertz CT molecular complexity index is 918. The molecule has 2 aromatic carbocycles. The van der Waals surface area contributed by atoms with Crippen LogP contribution in [0.3, 0.4) is 0 Å². The SMILES string of the molecule is CCSNc1ccc(C(=O)N2CCCN(C(=O)Cc3ccc(C(F)(F)F)cc3)CC2)cc1. The van der Waals surface area contributed by atoms with E-state index in [4.69, 9.17) is 0 Å². The van der Waals surface area contributed by atoms with Gasteiger partial charge >= 0.3 is 6.18 Å². The van der Waals surface area contributed by atoms with Gasteiger partial charge in [-0.2, -0.15) is 13.2 Å². The van der Waals surface area contributed by atoms with Crippen LogP contribution in [0, 0.1) is 0 Å². The van der Waals surface area contributed by atoms with E-state index >= 15 is 0 Å². The van der Waals surface area contributed by atoms with Crippen molar-refractivity contribution in [3.63, 3.8) is 0 Å². The Morgan fingerprint density at radius 3 is 2.19 bits per heavy atom. The fraction of sp³-hybridized carbons (Fsp3) is 0.391. The number of hydrogen-bond acceptors (Lipinski definition) is 4. The molecule has 32 heavy (non-hydrogen) atoms. The summed E-state index contributed by atoms with van der Waals surface area (Å²) in [4.78, 5) is 29.0. The largest absolute Gasteiger partial charge is 0.416 e. The van der Waals surface area contributed by atoms with Crippen molar-refractivity contribution in [1.29, 1.82) is 0 Å². The number of amides is 2. The lowest BCUT2D eigenvalue weighted by Crippen LogP contribution is -2.38. The summed E-state index contributed by atoms with van der Waals surface area (Å²) in [5, 5.41) is 0. The molecule has 9 heteroatoms. The third-order valence-electron chi connectivity index (χ3n) is 5.24. The first-order valence-corrected chi connectivity index (χ1v) is 11.5. The number of nitrogens with one attached hydrogen (secondary N) is 1. The maximum atomic E-state index is 12.9. The topological polar surface area (TPSA) is 52.7 Å². The minimum atomic E-state index is -4.39. The Hall–Kier alpha value is -2.68. The van der Waals surface area contributed by atoms with Gasteiger partial charge in [-0.15, -0.1) is 0 Å². The summed E-state index contributed by atoms with van der Waals surface area (Å²) in [6.45, 7) is 3.93. The van der Waals surface area contributed by atoms with Crippen LogP contribution in [0.25, 0.3) is 0 Å². The van der Waals surface area contributed by atoms with Gasteiger partial charge < -0.3 is 14.5 Å². The summed E-state index contributed by atoms with van der Waals surface area (Å²) < 4.78 is 41.3. The zero-order valence-electron chi connectivity index (χ0n) is 17.8. The van der Waals surface area contributed by atoms with Crippen molar-refractivity contribution in [3.05, 3.63) is 65.2 Å². The van der Waals surface area contributed by atoms with Gasteiger partial charge in [0.15, 0.2) is 0 Å². The lowest BCUT2D eigenvalue weighted by molar-refractivity contribution is -0.137. The Morgan fingerprint density at radius 2 is 1.56 bits per heavy atom. The van der Waals surface area contributed by atoms with E-state index in [9.17, 15) is 22.8 Å². The van der Waals surface area contributed by atoms with E-state index in [0.29, 0.717) is 43.7 Å². The average Bonchev–Trinajstić information content (AvgIpc) is 3.04. The van der Waals surface area contributed by atoms with Crippen molar-refractivity contribution in [2.75, 3.05) is 36.7 Å². The molecule has 1 aliphatic heterocycles. The number of nitrogens with zero attached hydrogens (tertiary/aromatic N) is 2. The van der Waals surface area contributed by atoms with Crippen LogP contribution in [-0.2, 0) is 17.4 Å². The monoisotopic (exact) mass is 465 g/mol. The number of carbonyl (C=O) groups excluding carboxylic acids is 2. The highest BCUT2D eigenvalue weighted by molar-refractivity contribution is 8.00. The van der Waals surface area contributed by atoms with Crippen LogP contribution in [0.5, 0.6) is 0 Å². The summed E-state index contributed by atoms with van der Waals surface area (Å²) in [7, 11) is 0. The molecule has 0 bridgehead atoms. The van der Waals surface area contributed by atoms with Crippen molar-refractivity contribution < 1.29 is 22.8 Å². The van der Waals surface area contributed by atoms with Crippen LogP contribution in [0.4, 0.5) is 18.9 Å². The Labute approximate surface area is 190 Å². The van der Waals surface area contributed by atoms with E-state index in [1.165, 1.54) is 12.1 Å². The lowest BCUT2D eigenvalue weighted by atomic mass is 10.1. The second-order valence-corrected chi connectivity index (χ2v) is 8.58. The zero-order valence-corrected chi connectivity index (χ0v) is 18.6. The summed E-state index contributed by atoms with van der Waals surface area (Å²) in [6.07, 6.45) is -3.71. The molecule has 172 valence electrons. The molecule has 0 aromatic heterocycles. The van der Waals surface area contributed by atoms with Gasteiger partial charge in [-0.1, -0.05) is 31.0 Å². The normalized spacial score (nSPS) is 14.8. The van der Waals surface area contributed by atoms with Crippen LogP contribution in [-0.4, -0.2) is 53.5 Å². The second kappa shape index (κ2) is 10.8. The number of carbonyl (C=O) groups is 2. The quantitative estimate of drug-likeness (QED) is 0.629. The highest BCUT2D eigenvalue weighted by Crippen LogP contribution is 2.29. The van der Waals surface area contributed by atoms with E-state index in [2.05, 4.69) is 4.72 Å². The van der Waals surface area contributed by atoms with Gasteiger partial charge in [-0.25, -0.2) is 0 Å². The molecule has 2 amide bonds. The molecule has 1 saturated heterocycles. The van der Waals surface area contributed by atoms with Crippen LogP contribution in [0.15, 0.2) is 48.5 Å². The number of hydrogen-bond donors (Lipinski definition) is 1. The van der Waals surface area contributed by atoms with Crippen LogP contribution < -0.4 is 4.72 Å². The van der Waals surface area contributed by atoms with Crippen molar-refractivity contribution in [3.8, 4) is 0 Å². The molecule has 0 radical (unpaired) electrons. The predicted octanol–water partition coefficient (Wildman–Crippen LogP) is 4.70. The van der Waals surface area contributed by atoms with Crippen LogP contribution in [0.1, 0.15) is 34.8 Å². The standard InChI is InChI=1S/C23H26F3N3O2S/c1-2-32-27-20-10-6-18(7-11-20)22(31)29-13-3-12-28(14-15-29)21(30)16-17-4-8-19(9-5-17)23(24,25)26/h4-11,27H,2-3,12-16H2,1H3. The number of anilines is 1. The molecule has 0 atom stereocenters. The molecule has 2 aromatic rings. The summed E-state index contributed by atoms with van der Waals surface area (Å²) >= 11 is 1.58. The Morgan fingerprint density at radius 1 is 0.938 bits per heavy atom. The van der Waals surface area contributed by atoms with Crippen molar-refractivity contribution in [2.45, 2.75) is 25.9 Å². The molecular formula is C23H26F3N3O2S. The Kier molecular flexibility index (Phi) is 8.06. The molecule has 0 saturated carbocycles. The first kappa shape index (κ1) is 24.0. The van der Waals surface area contributed by atoms with Gasteiger partial charge in [0.1, 0.15) is 0 Å². The molecule has 1 heterocycles. The third kappa shape index (κ3) is 6.41. The molecule has 1 N–H and O–H groups in total. The van der Waals surface area contributed by atoms with E-state index in [1.807, 2.05) is 19.1 Å². The fourth-order valence-corrected chi connectivity index (χ4v) is 3.93. The predicted molar refractivity (Wildman–Crippen MR) is 120 cm³/mol. The molecule has 5 nitrogen and oxygen atoms in total. The van der Waals surface area contributed by atoms with Crippen molar-refractivity contribution >= 4 is 29.4 Å². The third-order valence-corrected chi connectivity index (χ3v) is 5.91. The van der Waals surface area contributed by atoms with Gasteiger partial charge in [-0.05, 0) is 48.4 Å². The van der Waals surface area contributed by atoms with Gasteiger partial charge in [0, 0.05) is 43.2 Å². The van der Waals surface area contributed by atoms with Gasteiger partial charge in [0.2, 0.25) is 5.91 Å². The lowest BCUT2D eigenvalue weighted by Gasteiger charge is -2.22. The fourth-order valence-electron chi connectivity index (χ4n) is 3.49. The van der Waals surface area contributed by atoms with E-state index in [0.717, 1.165) is 23.6 Å². The van der Waals surface area contributed by atoms with Gasteiger partial charge in [-0.3, -0.25) is 9.59 Å². The average molecular weight is 466 g/mol. The Balaban J connectivity index is 1.55.